The zero-order valence-corrected chi connectivity index (χ0v) is 25.9. The fraction of sp³-hybridized carbons (Fsp3) is 0.629. The summed E-state index contributed by atoms with van der Waals surface area (Å²) >= 11 is 0. The average Bonchev–Trinajstić information content (AvgIpc) is 2.78. The lowest BCUT2D eigenvalue weighted by molar-refractivity contribution is -0.128. The molecule has 3 nitrogen and oxygen atoms in total. The Labute approximate surface area is 231 Å². The molecule has 0 atom stereocenters. The van der Waals surface area contributed by atoms with Crippen LogP contribution in [-0.4, -0.2) is 16.0 Å². The van der Waals surface area contributed by atoms with Crippen LogP contribution in [0.25, 0.3) is 0 Å². The Morgan fingerprint density at radius 3 is 1.05 bits per heavy atom. The standard InChI is InChI=1S/C35H50O3/c1-30(2)13-15-32(5,6)23-19-27(36)25(17-21(23)30)34(9,10)29(38)35(11,12)26-18-22-24(20-28(26)37)33(7,8)16-14-31(22,3)4/h17-20,36-37H,13-16H2,1-12H3. The van der Waals surface area contributed by atoms with Crippen molar-refractivity contribution in [3.63, 3.8) is 0 Å². The van der Waals surface area contributed by atoms with Gasteiger partial charge in [-0.15, -0.1) is 0 Å². The SMILES string of the molecule is CC1(C)CCC(C)(C)c2cc(C(C)(C)C(=O)C(C)(C)c3cc4c(cc3O)C(C)(C)CCC4(C)C)c(O)cc21. The molecule has 2 N–H and O–H groups in total. The van der Waals surface area contributed by atoms with Gasteiger partial charge in [0, 0.05) is 11.1 Å². The van der Waals surface area contributed by atoms with Crippen molar-refractivity contribution in [3.05, 3.63) is 57.6 Å². The van der Waals surface area contributed by atoms with Gasteiger partial charge in [-0.1, -0.05) is 67.5 Å². The minimum Gasteiger partial charge on any atom is -0.508 e. The maximum atomic E-state index is 14.5. The molecular weight excluding hydrogens is 468 g/mol. The summed E-state index contributed by atoms with van der Waals surface area (Å²) in [5.74, 6) is 0.346. The van der Waals surface area contributed by atoms with Gasteiger partial charge in [-0.3, -0.25) is 4.79 Å². The van der Waals surface area contributed by atoms with Crippen LogP contribution in [0, 0.1) is 0 Å². The van der Waals surface area contributed by atoms with Gasteiger partial charge >= 0.3 is 0 Å². The van der Waals surface area contributed by atoms with E-state index in [1.165, 1.54) is 22.3 Å². The molecule has 0 aliphatic heterocycles. The Kier molecular flexibility index (Phi) is 6.31. The van der Waals surface area contributed by atoms with Crippen molar-refractivity contribution in [3.8, 4) is 11.5 Å². The molecule has 3 heteroatoms. The fourth-order valence-corrected chi connectivity index (χ4v) is 7.23. The Balaban J connectivity index is 1.84. The van der Waals surface area contributed by atoms with E-state index >= 15 is 0 Å². The number of rotatable bonds is 4. The molecule has 2 aromatic rings. The van der Waals surface area contributed by atoms with Gasteiger partial charge in [-0.2, -0.15) is 0 Å². The van der Waals surface area contributed by atoms with Crippen LogP contribution in [0.5, 0.6) is 11.5 Å². The van der Waals surface area contributed by atoms with Crippen molar-refractivity contribution in [2.75, 3.05) is 0 Å². The van der Waals surface area contributed by atoms with Gasteiger partial charge in [0.05, 0.1) is 10.8 Å². The molecule has 0 saturated heterocycles. The molecular formula is C35H50O3. The van der Waals surface area contributed by atoms with Gasteiger partial charge < -0.3 is 10.2 Å². The van der Waals surface area contributed by atoms with Gasteiger partial charge in [0.1, 0.15) is 11.5 Å². The first kappa shape index (κ1) is 28.7. The predicted molar refractivity (Wildman–Crippen MR) is 158 cm³/mol. The lowest BCUT2D eigenvalue weighted by Gasteiger charge is -2.44. The molecule has 0 fully saturated rings. The van der Waals surface area contributed by atoms with E-state index in [1.807, 2.05) is 39.8 Å². The van der Waals surface area contributed by atoms with Gasteiger partial charge in [0.15, 0.2) is 5.78 Å². The third kappa shape index (κ3) is 4.29. The summed E-state index contributed by atoms with van der Waals surface area (Å²) in [6, 6.07) is 8.01. The first-order valence-electron chi connectivity index (χ1n) is 14.4. The number of aromatic hydroxyl groups is 2. The van der Waals surface area contributed by atoms with Gasteiger partial charge in [-0.05, 0) is 109 Å². The molecule has 2 aliphatic carbocycles. The molecule has 2 aliphatic rings. The first-order chi connectivity index (χ1) is 17.1. The van der Waals surface area contributed by atoms with Crippen LogP contribution in [-0.2, 0) is 37.3 Å². The lowest BCUT2D eigenvalue weighted by Crippen LogP contribution is -2.44. The highest BCUT2D eigenvalue weighted by atomic mass is 16.3. The summed E-state index contributed by atoms with van der Waals surface area (Å²) in [5, 5.41) is 22.7. The number of hydrogen-bond acceptors (Lipinski definition) is 3. The average molecular weight is 519 g/mol. The smallest absolute Gasteiger partial charge is 0.153 e. The maximum Gasteiger partial charge on any atom is 0.153 e. The highest BCUT2D eigenvalue weighted by molar-refractivity contribution is 5.99. The fourth-order valence-electron chi connectivity index (χ4n) is 7.23. The van der Waals surface area contributed by atoms with E-state index in [0.29, 0.717) is 11.1 Å². The molecule has 208 valence electrons. The van der Waals surface area contributed by atoms with E-state index in [9.17, 15) is 15.0 Å². The molecule has 38 heavy (non-hydrogen) atoms. The van der Waals surface area contributed by atoms with E-state index in [4.69, 9.17) is 0 Å². The van der Waals surface area contributed by atoms with Crippen molar-refractivity contribution >= 4 is 5.78 Å². The lowest BCUT2D eigenvalue weighted by atomic mass is 9.60. The molecule has 0 saturated carbocycles. The second-order valence-electron chi connectivity index (χ2n) is 15.9. The monoisotopic (exact) mass is 518 g/mol. The predicted octanol–water partition coefficient (Wildman–Crippen LogP) is 8.62. The van der Waals surface area contributed by atoms with Crippen molar-refractivity contribution in [1.82, 2.24) is 0 Å². The van der Waals surface area contributed by atoms with Crippen LogP contribution in [0.2, 0.25) is 0 Å². The molecule has 0 amide bonds. The van der Waals surface area contributed by atoms with E-state index in [2.05, 4.69) is 67.5 Å². The minimum atomic E-state index is -0.961. The number of Topliss-reactive ketones (excluding diaryl/α,β-unsaturated/α-hetero) is 1. The Bertz CT molecular complexity index is 1200. The second kappa shape index (κ2) is 8.35. The summed E-state index contributed by atoms with van der Waals surface area (Å²) < 4.78 is 0. The third-order valence-corrected chi connectivity index (χ3v) is 10.4. The summed E-state index contributed by atoms with van der Waals surface area (Å²) in [4.78, 5) is 14.5. The number of fused-ring (bicyclic) bond motifs is 2. The summed E-state index contributed by atoms with van der Waals surface area (Å²) in [6.07, 6.45) is 4.25. The maximum absolute atomic E-state index is 14.5. The normalized spacial score (nSPS) is 21.4. The van der Waals surface area contributed by atoms with Crippen LogP contribution < -0.4 is 0 Å². The second-order valence-corrected chi connectivity index (χ2v) is 15.9. The number of carbonyl (C=O) groups is 1. The molecule has 0 radical (unpaired) electrons. The van der Waals surface area contributed by atoms with Crippen molar-refractivity contribution in [2.24, 2.45) is 0 Å². The van der Waals surface area contributed by atoms with E-state index in [-0.39, 0.29) is 38.9 Å². The van der Waals surface area contributed by atoms with E-state index < -0.39 is 10.8 Å². The molecule has 4 rings (SSSR count). The van der Waals surface area contributed by atoms with Crippen molar-refractivity contribution in [2.45, 2.75) is 141 Å². The largest absolute Gasteiger partial charge is 0.508 e. The zero-order valence-electron chi connectivity index (χ0n) is 25.9. The third-order valence-electron chi connectivity index (χ3n) is 10.4. The topological polar surface area (TPSA) is 57.5 Å². The van der Waals surface area contributed by atoms with Crippen LogP contribution in [0.1, 0.15) is 142 Å². The van der Waals surface area contributed by atoms with Crippen LogP contribution in [0.4, 0.5) is 0 Å². The Morgan fingerprint density at radius 1 is 0.553 bits per heavy atom. The quantitative estimate of drug-likeness (QED) is 0.426. The summed E-state index contributed by atoms with van der Waals surface area (Å²) in [6.45, 7) is 25.7. The zero-order chi connectivity index (χ0) is 28.9. The molecule has 0 spiro atoms. The Morgan fingerprint density at radius 2 is 0.789 bits per heavy atom. The molecule has 0 unspecified atom stereocenters. The number of phenols is 2. The Hall–Kier alpha value is -2.29. The first-order valence-corrected chi connectivity index (χ1v) is 14.4. The van der Waals surface area contributed by atoms with Gasteiger partial charge in [-0.25, -0.2) is 0 Å². The van der Waals surface area contributed by atoms with Crippen molar-refractivity contribution in [1.29, 1.82) is 0 Å². The molecule has 0 aromatic heterocycles. The molecule has 0 bridgehead atoms. The minimum absolute atomic E-state index is 0.0174. The van der Waals surface area contributed by atoms with E-state index in [1.54, 1.807) is 0 Å². The van der Waals surface area contributed by atoms with Crippen LogP contribution >= 0.6 is 0 Å². The summed E-state index contributed by atoms with van der Waals surface area (Å²) in [7, 11) is 0. The number of ketones is 1. The van der Waals surface area contributed by atoms with Crippen molar-refractivity contribution < 1.29 is 15.0 Å². The van der Waals surface area contributed by atoms with E-state index in [0.717, 1.165) is 25.7 Å². The highest BCUT2D eigenvalue weighted by Gasteiger charge is 2.47. The summed E-state index contributed by atoms with van der Waals surface area (Å²) in [5.41, 5.74) is 4.10. The van der Waals surface area contributed by atoms with Gasteiger partial charge in [0.25, 0.3) is 0 Å². The van der Waals surface area contributed by atoms with Crippen LogP contribution in [0.15, 0.2) is 24.3 Å². The number of phenolic OH excluding ortho intramolecular Hbond substituents is 2. The number of carbonyl (C=O) groups excluding carboxylic acids is 1. The van der Waals surface area contributed by atoms with Gasteiger partial charge in [0.2, 0.25) is 0 Å². The van der Waals surface area contributed by atoms with Crippen LogP contribution in [0.3, 0.4) is 0 Å². The highest BCUT2D eigenvalue weighted by Crippen LogP contribution is 2.52. The molecule has 2 aromatic carbocycles. The molecule has 0 heterocycles. The number of hydrogen-bond donors (Lipinski definition) is 2. The number of benzene rings is 2.